The number of anilines is 1. The number of nitrogens with one attached hydrogen (secondary N) is 2. The van der Waals surface area contributed by atoms with Crippen LogP contribution in [0.5, 0.6) is 5.75 Å². The molecule has 2 aromatic rings. The maximum Gasteiger partial charge on any atom is 0.513 e. The van der Waals surface area contributed by atoms with Crippen LogP contribution in [0.2, 0.25) is 0 Å². The largest absolute Gasteiger partial charge is 0.513 e. The van der Waals surface area contributed by atoms with E-state index < -0.39 is 6.16 Å². The van der Waals surface area contributed by atoms with Crippen molar-refractivity contribution in [3.8, 4) is 5.75 Å². The van der Waals surface area contributed by atoms with E-state index in [-0.39, 0.29) is 18.4 Å². The minimum absolute atomic E-state index is 0.0342. The third-order valence-electron chi connectivity index (χ3n) is 5.75. The van der Waals surface area contributed by atoms with Crippen LogP contribution in [0.15, 0.2) is 48.5 Å². The molecule has 0 bridgehead atoms. The SMILES string of the molecule is CCOC(=O)Oc1ccc(C(=O)NCc2cccc(NC(=O)CCC3CCCCC3)c2)cc1. The van der Waals surface area contributed by atoms with E-state index in [2.05, 4.69) is 10.6 Å². The van der Waals surface area contributed by atoms with Gasteiger partial charge < -0.3 is 20.1 Å². The van der Waals surface area contributed by atoms with Crippen molar-refractivity contribution in [1.29, 1.82) is 0 Å². The lowest BCUT2D eigenvalue weighted by Crippen LogP contribution is -2.23. The number of carbonyl (C=O) groups excluding carboxylic acids is 3. The maximum atomic E-state index is 12.4. The molecule has 2 aromatic carbocycles. The number of hydrogen-bond donors (Lipinski definition) is 2. The molecule has 0 spiro atoms. The Morgan fingerprint density at radius 2 is 1.76 bits per heavy atom. The van der Waals surface area contributed by atoms with Crippen LogP contribution in [0.1, 0.15) is 67.8 Å². The van der Waals surface area contributed by atoms with Gasteiger partial charge in [0.2, 0.25) is 5.91 Å². The molecule has 0 aromatic heterocycles. The van der Waals surface area contributed by atoms with Crippen LogP contribution in [0, 0.1) is 5.92 Å². The summed E-state index contributed by atoms with van der Waals surface area (Å²) in [4.78, 5) is 36.1. The lowest BCUT2D eigenvalue weighted by Gasteiger charge is -2.21. The topological polar surface area (TPSA) is 93.7 Å². The number of ether oxygens (including phenoxy) is 2. The Morgan fingerprint density at radius 3 is 2.48 bits per heavy atom. The lowest BCUT2D eigenvalue weighted by atomic mass is 9.86. The van der Waals surface area contributed by atoms with E-state index in [1.165, 1.54) is 44.2 Å². The molecule has 3 rings (SSSR count). The van der Waals surface area contributed by atoms with E-state index in [9.17, 15) is 14.4 Å². The Morgan fingerprint density at radius 1 is 1.00 bits per heavy atom. The lowest BCUT2D eigenvalue weighted by molar-refractivity contribution is -0.116. The molecule has 0 saturated heterocycles. The van der Waals surface area contributed by atoms with Gasteiger partial charge in [-0.05, 0) is 61.2 Å². The molecule has 1 aliphatic carbocycles. The second-order valence-electron chi connectivity index (χ2n) is 8.28. The van der Waals surface area contributed by atoms with Gasteiger partial charge in [-0.15, -0.1) is 0 Å². The highest BCUT2D eigenvalue weighted by Crippen LogP contribution is 2.27. The quantitative estimate of drug-likeness (QED) is 0.390. The summed E-state index contributed by atoms with van der Waals surface area (Å²) in [5.74, 6) is 0.764. The fraction of sp³-hybridized carbons (Fsp3) is 0.423. The second-order valence-corrected chi connectivity index (χ2v) is 8.28. The van der Waals surface area contributed by atoms with Crippen LogP contribution in [0.4, 0.5) is 10.5 Å². The molecule has 2 amide bonds. The standard InChI is InChI=1S/C26H32N2O5/c1-2-32-26(31)33-23-14-12-21(13-15-23)25(30)27-18-20-9-6-10-22(17-20)28-24(29)16-11-19-7-4-3-5-8-19/h6,9-10,12-15,17,19H,2-5,7-8,11,16,18H2,1H3,(H,27,30)(H,28,29). The van der Waals surface area contributed by atoms with Gasteiger partial charge in [0.15, 0.2) is 0 Å². The fourth-order valence-corrected chi connectivity index (χ4v) is 4.00. The zero-order valence-electron chi connectivity index (χ0n) is 19.1. The summed E-state index contributed by atoms with van der Waals surface area (Å²) in [6, 6.07) is 13.7. The maximum absolute atomic E-state index is 12.4. The summed E-state index contributed by atoms with van der Waals surface area (Å²) in [7, 11) is 0. The van der Waals surface area contributed by atoms with E-state index in [1.54, 1.807) is 19.1 Å². The Balaban J connectivity index is 1.45. The van der Waals surface area contributed by atoms with Crippen molar-refractivity contribution in [3.05, 3.63) is 59.7 Å². The van der Waals surface area contributed by atoms with Gasteiger partial charge in [-0.3, -0.25) is 9.59 Å². The smallest absolute Gasteiger partial charge is 0.434 e. The third kappa shape index (κ3) is 8.25. The highest BCUT2D eigenvalue weighted by molar-refractivity contribution is 5.94. The Kier molecular flexibility index (Phi) is 9.30. The van der Waals surface area contributed by atoms with Crippen molar-refractivity contribution < 1.29 is 23.9 Å². The number of benzene rings is 2. The van der Waals surface area contributed by atoms with Crippen LogP contribution in [-0.2, 0) is 16.1 Å². The molecule has 0 heterocycles. The van der Waals surface area contributed by atoms with Crippen molar-refractivity contribution in [2.75, 3.05) is 11.9 Å². The number of amides is 2. The van der Waals surface area contributed by atoms with E-state index >= 15 is 0 Å². The summed E-state index contributed by atoms with van der Waals surface area (Å²) >= 11 is 0. The van der Waals surface area contributed by atoms with Crippen LogP contribution >= 0.6 is 0 Å². The number of hydrogen-bond acceptors (Lipinski definition) is 5. The van der Waals surface area contributed by atoms with Gasteiger partial charge in [0.05, 0.1) is 6.61 Å². The van der Waals surface area contributed by atoms with Crippen molar-refractivity contribution in [2.24, 2.45) is 5.92 Å². The highest BCUT2D eigenvalue weighted by atomic mass is 16.7. The second kappa shape index (κ2) is 12.6. The third-order valence-corrected chi connectivity index (χ3v) is 5.75. The summed E-state index contributed by atoms with van der Waals surface area (Å²) in [6.07, 6.45) is 7.08. The van der Waals surface area contributed by atoms with Gasteiger partial charge in [0, 0.05) is 24.2 Å². The zero-order valence-corrected chi connectivity index (χ0v) is 19.1. The van der Waals surface area contributed by atoms with Crippen LogP contribution in [0.25, 0.3) is 0 Å². The predicted molar refractivity (Wildman–Crippen MR) is 126 cm³/mol. The van der Waals surface area contributed by atoms with Crippen LogP contribution in [-0.4, -0.2) is 24.6 Å². The summed E-state index contributed by atoms with van der Waals surface area (Å²) < 4.78 is 9.71. The van der Waals surface area contributed by atoms with Gasteiger partial charge in [0.1, 0.15) is 5.75 Å². The fourth-order valence-electron chi connectivity index (χ4n) is 4.00. The molecule has 176 valence electrons. The normalized spacial score (nSPS) is 13.7. The molecule has 0 unspecified atom stereocenters. The Labute approximate surface area is 194 Å². The van der Waals surface area contributed by atoms with E-state index in [0.717, 1.165) is 17.7 Å². The first kappa shape index (κ1) is 24.3. The molecule has 0 aliphatic heterocycles. The summed E-state index contributed by atoms with van der Waals surface area (Å²) in [6.45, 7) is 2.24. The van der Waals surface area contributed by atoms with Gasteiger partial charge in [-0.25, -0.2) is 4.79 Å². The van der Waals surface area contributed by atoms with E-state index in [4.69, 9.17) is 9.47 Å². The molecular formula is C26H32N2O5. The number of carbonyl (C=O) groups is 3. The van der Waals surface area contributed by atoms with Crippen molar-refractivity contribution in [3.63, 3.8) is 0 Å². The molecule has 1 aliphatic rings. The Bertz CT molecular complexity index is 936. The monoisotopic (exact) mass is 452 g/mol. The van der Waals surface area contributed by atoms with Gasteiger partial charge in [-0.2, -0.15) is 0 Å². The molecule has 0 atom stereocenters. The summed E-state index contributed by atoms with van der Waals surface area (Å²) in [5, 5.41) is 5.83. The minimum atomic E-state index is -0.782. The average Bonchev–Trinajstić information content (AvgIpc) is 2.83. The van der Waals surface area contributed by atoms with Crippen molar-refractivity contribution >= 4 is 23.7 Å². The zero-order chi connectivity index (χ0) is 23.5. The van der Waals surface area contributed by atoms with Crippen molar-refractivity contribution in [2.45, 2.75) is 58.4 Å². The minimum Gasteiger partial charge on any atom is -0.434 e. The summed E-state index contributed by atoms with van der Waals surface area (Å²) in [5.41, 5.74) is 2.06. The van der Waals surface area contributed by atoms with E-state index in [0.29, 0.717) is 30.2 Å². The van der Waals surface area contributed by atoms with E-state index in [1.807, 2.05) is 24.3 Å². The average molecular weight is 453 g/mol. The first-order valence-corrected chi connectivity index (χ1v) is 11.6. The predicted octanol–water partition coefficient (Wildman–Crippen LogP) is 5.45. The number of rotatable bonds is 9. The van der Waals surface area contributed by atoms with Gasteiger partial charge in [-0.1, -0.05) is 44.2 Å². The molecule has 7 nitrogen and oxygen atoms in total. The molecular weight excluding hydrogens is 420 g/mol. The van der Waals surface area contributed by atoms with Crippen molar-refractivity contribution in [1.82, 2.24) is 5.32 Å². The molecule has 1 fully saturated rings. The Hall–Kier alpha value is -3.35. The van der Waals surface area contributed by atoms with Crippen LogP contribution < -0.4 is 15.4 Å². The van der Waals surface area contributed by atoms with Gasteiger partial charge in [0.25, 0.3) is 5.91 Å². The molecule has 33 heavy (non-hydrogen) atoms. The van der Waals surface area contributed by atoms with Gasteiger partial charge >= 0.3 is 6.16 Å². The first-order chi connectivity index (χ1) is 16.0. The van der Waals surface area contributed by atoms with Crippen LogP contribution in [0.3, 0.4) is 0 Å². The highest BCUT2D eigenvalue weighted by Gasteiger charge is 2.15. The first-order valence-electron chi connectivity index (χ1n) is 11.6. The molecule has 7 heteroatoms. The molecule has 0 radical (unpaired) electrons. The molecule has 2 N–H and O–H groups in total. The molecule has 1 saturated carbocycles.